The van der Waals surface area contributed by atoms with Crippen LogP contribution in [-0.2, 0) is 16.1 Å². The van der Waals surface area contributed by atoms with E-state index in [4.69, 9.17) is 10.00 Å². The maximum atomic E-state index is 11.1. The molecule has 0 aromatic heterocycles. The minimum atomic E-state index is -0.387. The van der Waals surface area contributed by atoms with Gasteiger partial charge in [0.15, 0.2) is 6.61 Å². The SMILES string of the molecule is COC(=O)COc1c(C)cc(CNCCCCC#N)cc1C. The Balaban J connectivity index is 2.50. The fourth-order valence-electron chi connectivity index (χ4n) is 2.25. The molecule has 0 bridgehead atoms. The van der Waals surface area contributed by atoms with Gasteiger partial charge in [0, 0.05) is 13.0 Å². The highest BCUT2D eigenvalue weighted by Gasteiger charge is 2.09. The topological polar surface area (TPSA) is 71.3 Å². The van der Waals surface area contributed by atoms with Gasteiger partial charge in [0.1, 0.15) is 5.75 Å². The van der Waals surface area contributed by atoms with Crippen molar-refractivity contribution in [2.24, 2.45) is 0 Å². The number of nitrogens with one attached hydrogen (secondary N) is 1. The van der Waals surface area contributed by atoms with E-state index in [1.807, 2.05) is 13.8 Å². The summed E-state index contributed by atoms with van der Waals surface area (Å²) >= 11 is 0. The first-order chi connectivity index (χ1) is 10.6. The van der Waals surface area contributed by atoms with Crippen LogP contribution >= 0.6 is 0 Å². The number of benzene rings is 1. The van der Waals surface area contributed by atoms with Gasteiger partial charge in [0.2, 0.25) is 0 Å². The van der Waals surface area contributed by atoms with Crippen molar-refractivity contribution in [3.05, 3.63) is 28.8 Å². The van der Waals surface area contributed by atoms with Crippen LogP contribution in [0.1, 0.15) is 36.0 Å². The number of nitrogens with zero attached hydrogens (tertiary/aromatic N) is 1. The van der Waals surface area contributed by atoms with Crippen molar-refractivity contribution in [2.45, 2.75) is 39.7 Å². The Morgan fingerprint density at radius 3 is 2.55 bits per heavy atom. The molecular weight excluding hydrogens is 280 g/mol. The molecule has 0 aliphatic rings. The quantitative estimate of drug-likeness (QED) is 0.561. The lowest BCUT2D eigenvalue weighted by Crippen LogP contribution is -2.16. The van der Waals surface area contributed by atoms with E-state index in [0.29, 0.717) is 6.42 Å². The lowest BCUT2D eigenvalue weighted by atomic mass is 10.1. The van der Waals surface area contributed by atoms with Gasteiger partial charge in [0.25, 0.3) is 0 Å². The molecule has 1 aromatic carbocycles. The molecule has 0 radical (unpaired) electrons. The number of hydrogen-bond acceptors (Lipinski definition) is 5. The molecule has 0 amide bonds. The Morgan fingerprint density at radius 1 is 1.27 bits per heavy atom. The van der Waals surface area contributed by atoms with Gasteiger partial charge >= 0.3 is 5.97 Å². The summed E-state index contributed by atoms with van der Waals surface area (Å²) in [6.45, 7) is 5.55. The van der Waals surface area contributed by atoms with Crippen LogP contribution in [-0.4, -0.2) is 26.2 Å². The smallest absolute Gasteiger partial charge is 0.343 e. The number of methoxy groups -OCH3 is 1. The molecule has 5 nitrogen and oxygen atoms in total. The molecule has 1 N–H and O–H groups in total. The van der Waals surface area contributed by atoms with Crippen LogP contribution in [0.4, 0.5) is 0 Å². The van der Waals surface area contributed by atoms with Crippen molar-refractivity contribution < 1.29 is 14.3 Å². The number of esters is 1. The molecule has 5 heteroatoms. The van der Waals surface area contributed by atoms with Gasteiger partial charge in [-0.15, -0.1) is 0 Å². The average Bonchev–Trinajstić information content (AvgIpc) is 2.49. The summed E-state index contributed by atoms with van der Waals surface area (Å²) in [6.07, 6.45) is 2.56. The van der Waals surface area contributed by atoms with Crippen molar-refractivity contribution in [1.29, 1.82) is 5.26 Å². The highest BCUT2D eigenvalue weighted by atomic mass is 16.6. The van der Waals surface area contributed by atoms with E-state index in [9.17, 15) is 4.79 Å². The Morgan fingerprint density at radius 2 is 1.95 bits per heavy atom. The summed E-state index contributed by atoms with van der Waals surface area (Å²) in [5.41, 5.74) is 3.19. The summed E-state index contributed by atoms with van der Waals surface area (Å²) in [4.78, 5) is 11.1. The van der Waals surface area contributed by atoms with E-state index in [-0.39, 0.29) is 12.6 Å². The van der Waals surface area contributed by atoms with Crippen LogP contribution in [0, 0.1) is 25.2 Å². The Labute approximate surface area is 132 Å². The molecule has 0 saturated carbocycles. The number of unbranched alkanes of at least 4 members (excludes halogenated alkanes) is 2. The monoisotopic (exact) mass is 304 g/mol. The molecular formula is C17H24N2O3. The third-order valence-corrected chi connectivity index (χ3v) is 3.30. The van der Waals surface area contributed by atoms with E-state index in [1.165, 1.54) is 12.7 Å². The average molecular weight is 304 g/mol. The molecule has 0 unspecified atom stereocenters. The highest BCUT2D eigenvalue weighted by molar-refractivity contribution is 5.71. The van der Waals surface area contributed by atoms with Gasteiger partial charge in [-0.3, -0.25) is 0 Å². The Hall–Kier alpha value is -2.06. The second-order valence-electron chi connectivity index (χ2n) is 5.22. The fourth-order valence-corrected chi connectivity index (χ4v) is 2.25. The molecule has 0 aliphatic heterocycles. The van der Waals surface area contributed by atoms with E-state index < -0.39 is 0 Å². The minimum absolute atomic E-state index is 0.0747. The Kier molecular flexibility index (Phi) is 8.01. The van der Waals surface area contributed by atoms with Gasteiger partial charge in [-0.25, -0.2) is 4.79 Å². The first-order valence-electron chi connectivity index (χ1n) is 7.46. The molecule has 0 atom stereocenters. The zero-order chi connectivity index (χ0) is 16.4. The Bertz CT molecular complexity index is 512. The summed E-state index contributed by atoms with van der Waals surface area (Å²) in [5, 5.41) is 11.8. The van der Waals surface area contributed by atoms with E-state index in [1.54, 1.807) is 0 Å². The zero-order valence-corrected chi connectivity index (χ0v) is 13.6. The highest BCUT2D eigenvalue weighted by Crippen LogP contribution is 2.24. The fraction of sp³-hybridized carbons (Fsp3) is 0.529. The first-order valence-corrected chi connectivity index (χ1v) is 7.46. The van der Waals surface area contributed by atoms with Gasteiger partial charge in [-0.05, 0) is 49.9 Å². The molecule has 0 saturated heterocycles. The summed E-state index contributed by atoms with van der Waals surface area (Å²) in [5.74, 6) is 0.352. The van der Waals surface area contributed by atoms with E-state index in [0.717, 1.165) is 42.8 Å². The van der Waals surface area contributed by atoms with Gasteiger partial charge < -0.3 is 14.8 Å². The molecule has 120 valence electrons. The molecule has 0 fully saturated rings. The lowest BCUT2D eigenvalue weighted by Gasteiger charge is -2.14. The zero-order valence-electron chi connectivity index (χ0n) is 13.6. The number of ether oxygens (including phenoxy) is 2. The molecule has 1 aromatic rings. The molecule has 0 aliphatic carbocycles. The first kappa shape index (κ1) is 18.0. The molecule has 1 rings (SSSR count). The van der Waals surface area contributed by atoms with Crippen molar-refractivity contribution in [3.8, 4) is 11.8 Å². The standard InChI is InChI=1S/C17H24N2O3/c1-13-9-15(11-19-8-6-4-5-7-18)10-14(2)17(13)22-12-16(20)21-3/h9-10,19H,4-6,8,11-12H2,1-3H3. The van der Waals surface area contributed by atoms with Crippen molar-refractivity contribution >= 4 is 5.97 Å². The number of nitriles is 1. The number of carbonyl (C=O) groups excluding carboxylic acids is 1. The van der Waals surface area contributed by atoms with Crippen LogP contribution in [0.25, 0.3) is 0 Å². The number of aryl methyl sites for hydroxylation is 2. The predicted octanol–water partition coefficient (Wildman–Crippen LogP) is 2.64. The number of carbonyl (C=O) groups is 1. The van der Waals surface area contributed by atoms with Gasteiger partial charge in [0.05, 0.1) is 13.2 Å². The summed E-state index contributed by atoms with van der Waals surface area (Å²) < 4.78 is 10.1. The van der Waals surface area contributed by atoms with E-state index in [2.05, 4.69) is 28.3 Å². The number of rotatable bonds is 9. The molecule has 0 spiro atoms. The predicted molar refractivity (Wildman–Crippen MR) is 84.6 cm³/mol. The van der Waals surface area contributed by atoms with Gasteiger partial charge in [-0.2, -0.15) is 5.26 Å². The second kappa shape index (κ2) is 9.80. The minimum Gasteiger partial charge on any atom is -0.481 e. The maximum Gasteiger partial charge on any atom is 0.343 e. The van der Waals surface area contributed by atoms with Crippen LogP contribution in [0.5, 0.6) is 5.75 Å². The van der Waals surface area contributed by atoms with E-state index >= 15 is 0 Å². The lowest BCUT2D eigenvalue weighted by molar-refractivity contribution is -0.142. The normalized spacial score (nSPS) is 10.1. The van der Waals surface area contributed by atoms with Crippen molar-refractivity contribution in [2.75, 3.05) is 20.3 Å². The van der Waals surface area contributed by atoms with Crippen molar-refractivity contribution in [3.63, 3.8) is 0 Å². The third kappa shape index (κ3) is 6.15. The third-order valence-electron chi connectivity index (χ3n) is 3.30. The molecule has 0 heterocycles. The maximum absolute atomic E-state index is 11.1. The number of hydrogen-bond donors (Lipinski definition) is 1. The second-order valence-corrected chi connectivity index (χ2v) is 5.22. The summed E-state index contributed by atoms with van der Waals surface area (Å²) in [6, 6.07) is 6.26. The van der Waals surface area contributed by atoms with Gasteiger partial charge in [-0.1, -0.05) is 12.1 Å². The van der Waals surface area contributed by atoms with Crippen LogP contribution < -0.4 is 10.1 Å². The van der Waals surface area contributed by atoms with Crippen LogP contribution in [0.2, 0.25) is 0 Å². The van der Waals surface area contributed by atoms with Crippen molar-refractivity contribution in [1.82, 2.24) is 5.32 Å². The summed E-state index contributed by atoms with van der Waals surface area (Å²) in [7, 11) is 1.34. The van der Waals surface area contributed by atoms with Crippen LogP contribution in [0.15, 0.2) is 12.1 Å². The largest absolute Gasteiger partial charge is 0.481 e. The van der Waals surface area contributed by atoms with Crippen LogP contribution in [0.3, 0.4) is 0 Å². The molecule has 22 heavy (non-hydrogen) atoms.